The number of carbonyl (C=O) groups is 3. The number of halogens is 1. The smallest absolute Gasteiger partial charge is 0.307 e. The van der Waals surface area contributed by atoms with Crippen molar-refractivity contribution in [2.75, 3.05) is 34.0 Å². The van der Waals surface area contributed by atoms with Crippen LogP contribution in [0.4, 0.5) is 0 Å². The number of hydrogen-bond acceptors (Lipinski definition) is 10. The zero-order valence-electron chi connectivity index (χ0n) is 29.2. The zero-order valence-corrected chi connectivity index (χ0v) is 32.2. The highest BCUT2D eigenvalue weighted by atomic mass is 127. The number of carbonyl (C=O) groups excluding carboxylic acids is 3. The Morgan fingerprint density at radius 2 is 1.92 bits per heavy atom. The Morgan fingerprint density at radius 3 is 2.56 bits per heavy atom. The SMILES string of the molecule is CCCC(=O)OCN(CC[C@@H](C)c1nc(C(=O)N[C@H](I)Cc2ccc(O)cc2)cs1)C(=O)[C@@H](NC(OC)[C@H]1CCCCN1C)C(C)CC. The summed E-state index contributed by atoms with van der Waals surface area (Å²) in [4.78, 5) is 48.1. The Morgan fingerprint density at radius 1 is 1.19 bits per heavy atom. The van der Waals surface area contributed by atoms with Gasteiger partial charge in [-0.25, -0.2) is 4.98 Å². The van der Waals surface area contributed by atoms with Gasteiger partial charge in [0.1, 0.15) is 17.7 Å². The molecule has 1 aliphatic heterocycles. The minimum absolute atomic E-state index is 0.0196. The fourth-order valence-corrected chi connectivity index (χ4v) is 7.45. The predicted octanol–water partition coefficient (Wildman–Crippen LogP) is 5.67. The van der Waals surface area contributed by atoms with E-state index in [4.69, 9.17) is 9.47 Å². The average molecular weight is 800 g/mol. The second-order valence-electron chi connectivity index (χ2n) is 12.8. The Kier molecular flexibility index (Phi) is 17.0. The highest BCUT2D eigenvalue weighted by Crippen LogP contribution is 2.25. The molecule has 2 amide bonds. The second-order valence-corrected chi connectivity index (χ2v) is 15.2. The van der Waals surface area contributed by atoms with Crippen LogP contribution >= 0.6 is 33.9 Å². The van der Waals surface area contributed by atoms with E-state index in [0.717, 1.165) is 42.8 Å². The molecule has 3 rings (SSSR count). The summed E-state index contributed by atoms with van der Waals surface area (Å²) in [7, 11) is 3.78. The molecule has 2 heterocycles. The lowest BCUT2D eigenvalue weighted by atomic mass is 9.95. The number of likely N-dealkylation sites (N-methyl/N-ethyl adjacent to an activating group) is 1. The van der Waals surface area contributed by atoms with Crippen molar-refractivity contribution in [1.82, 2.24) is 25.4 Å². The molecule has 2 aromatic rings. The maximum Gasteiger partial charge on any atom is 0.307 e. The van der Waals surface area contributed by atoms with Crippen LogP contribution in [0.15, 0.2) is 29.6 Å². The molecule has 1 aromatic carbocycles. The van der Waals surface area contributed by atoms with Crippen LogP contribution in [0, 0.1) is 5.92 Å². The van der Waals surface area contributed by atoms with Crippen LogP contribution in [-0.2, 0) is 25.5 Å². The normalized spacial score (nSPS) is 18.4. The first-order chi connectivity index (χ1) is 23.0. The van der Waals surface area contributed by atoms with Gasteiger partial charge in [-0.05, 0) is 62.9 Å². The first-order valence-electron chi connectivity index (χ1n) is 17.1. The van der Waals surface area contributed by atoms with Gasteiger partial charge in [-0.2, -0.15) is 0 Å². The van der Waals surface area contributed by atoms with Gasteiger partial charge < -0.3 is 24.8 Å². The van der Waals surface area contributed by atoms with Crippen LogP contribution in [0.5, 0.6) is 5.75 Å². The van der Waals surface area contributed by atoms with Crippen molar-refractivity contribution in [2.24, 2.45) is 5.92 Å². The van der Waals surface area contributed by atoms with Crippen molar-refractivity contribution in [3.05, 3.63) is 45.9 Å². The van der Waals surface area contributed by atoms with E-state index in [1.807, 2.05) is 26.0 Å². The third-order valence-electron chi connectivity index (χ3n) is 9.05. The van der Waals surface area contributed by atoms with Gasteiger partial charge in [0, 0.05) is 43.8 Å². The summed E-state index contributed by atoms with van der Waals surface area (Å²) >= 11 is 3.61. The topological polar surface area (TPSA) is 133 Å². The molecule has 0 spiro atoms. The summed E-state index contributed by atoms with van der Waals surface area (Å²) in [5.41, 5.74) is 1.36. The number of aromatic nitrogens is 1. The number of aromatic hydroxyl groups is 1. The number of nitrogens with one attached hydrogen (secondary N) is 2. The fraction of sp³-hybridized carbons (Fsp3) is 0.657. The van der Waals surface area contributed by atoms with Crippen molar-refractivity contribution < 1.29 is 29.0 Å². The Balaban J connectivity index is 1.68. The number of alkyl halides is 1. The monoisotopic (exact) mass is 799 g/mol. The standard InChI is InChI=1S/C35H54IN5O6S/c1-7-11-30(43)47-22-41(35(45)31(23(3)8-2)39-33(46-6)28-12-9-10-18-40(28)5)19-17-24(4)34-37-27(21-48-34)32(44)38-29(36)20-25-13-15-26(42)16-14-25/h13-16,21,23-24,28-29,31,33,39,42H,7-12,17-20,22H2,1-6H3,(H,38,44)/t23?,24-,28-,29+,31+,33?/m1/s1. The molecular formula is C35H54IN5O6S. The van der Waals surface area contributed by atoms with Crippen molar-refractivity contribution in [2.45, 2.75) is 107 Å². The second kappa shape index (κ2) is 20.4. The minimum Gasteiger partial charge on any atom is -0.508 e. The van der Waals surface area contributed by atoms with E-state index in [9.17, 15) is 19.5 Å². The first-order valence-corrected chi connectivity index (χ1v) is 19.2. The molecule has 0 aliphatic carbocycles. The molecule has 3 N–H and O–H groups in total. The molecule has 0 radical (unpaired) electrons. The number of phenols is 1. The number of likely N-dealkylation sites (tertiary alicyclic amines) is 1. The molecule has 48 heavy (non-hydrogen) atoms. The van der Waals surface area contributed by atoms with Gasteiger partial charge in [0.25, 0.3) is 5.91 Å². The maximum atomic E-state index is 14.2. The number of piperidine rings is 1. The molecule has 13 heteroatoms. The minimum atomic E-state index is -0.520. The summed E-state index contributed by atoms with van der Waals surface area (Å²) < 4.78 is 11.3. The van der Waals surface area contributed by atoms with Gasteiger partial charge in [0.15, 0.2) is 6.73 Å². The molecule has 1 fully saturated rings. The Hall–Kier alpha value is -2.33. The van der Waals surface area contributed by atoms with Crippen molar-refractivity contribution >= 4 is 51.7 Å². The summed E-state index contributed by atoms with van der Waals surface area (Å²) in [6, 6.07) is 6.57. The lowest BCUT2D eigenvalue weighted by Gasteiger charge is -2.40. The number of methoxy groups -OCH3 is 1. The molecule has 0 bridgehead atoms. The summed E-state index contributed by atoms with van der Waals surface area (Å²) in [6.07, 6.45) is 5.88. The van der Waals surface area contributed by atoms with Gasteiger partial charge in [-0.15, -0.1) is 11.3 Å². The quantitative estimate of drug-likeness (QED) is 0.0541. The number of nitrogens with zero attached hydrogens (tertiary/aromatic N) is 3. The predicted molar refractivity (Wildman–Crippen MR) is 197 cm³/mol. The highest BCUT2D eigenvalue weighted by molar-refractivity contribution is 14.1. The van der Waals surface area contributed by atoms with Gasteiger partial charge in [0.2, 0.25) is 5.91 Å². The molecule has 1 aromatic heterocycles. The largest absolute Gasteiger partial charge is 0.508 e. The summed E-state index contributed by atoms with van der Waals surface area (Å²) in [6.45, 7) is 9.30. The molecule has 11 nitrogen and oxygen atoms in total. The van der Waals surface area contributed by atoms with E-state index >= 15 is 0 Å². The molecule has 0 saturated carbocycles. The van der Waals surface area contributed by atoms with E-state index in [1.165, 1.54) is 11.3 Å². The van der Waals surface area contributed by atoms with Crippen LogP contribution in [0.3, 0.4) is 0 Å². The number of ether oxygens (including phenoxy) is 2. The van der Waals surface area contributed by atoms with Crippen LogP contribution in [0.1, 0.15) is 99.6 Å². The van der Waals surface area contributed by atoms with Crippen LogP contribution in [0.2, 0.25) is 0 Å². The first kappa shape index (κ1) is 40.1. The van der Waals surface area contributed by atoms with Gasteiger partial charge in [-0.1, -0.05) is 75.3 Å². The number of hydrogen-bond donors (Lipinski definition) is 3. The molecule has 1 aliphatic rings. The highest BCUT2D eigenvalue weighted by Gasteiger charge is 2.35. The average Bonchev–Trinajstić information content (AvgIpc) is 3.57. The summed E-state index contributed by atoms with van der Waals surface area (Å²) in [5.74, 6) is -0.515. The number of amides is 2. The van der Waals surface area contributed by atoms with E-state index in [0.29, 0.717) is 37.9 Å². The van der Waals surface area contributed by atoms with Crippen molar-refractivity contribution in [3.63, 3.8) is 0 Å². The van der Waals surface area contributed by atoms with Gasteiger partial charge in [0.05, 0.1) is 15.1 Å². The molecule has 1 saturated heterocycles. The summed E-state index contributed by atoms with van der Waals surface area (Å²) in [5, 5.41) is 18.6. The van der Waals surface area contributed by atoms with Crippen LogP contribution < -0.4 is 10.6 Å². The van der Waals surface area contributed by atoms with E-state index in [-0.39, 0.29) is 58.4 Å². The van der Waals surface area contributed by atoms with Crippen molar-refractivity contribution in [3.8, 4) is 5.75 Å². The number of benzene rings is 1. The fourth-order valence-electron chi connectivity index (χ4n) is 5.77. The van der Waals surface area contributed by atoms with Crippen LogP contribution in [0.25, 0.3) is 0 Å². The third-order valence-corrected chi connectivity index (χ3v) is 10.9. The van der Waals surface area contributed by atoms with Crippen LogP contribution in [-0.4, -0.2) is 94.0 Å². The number of thiazole rings is 1. The zero-order chi connectivity index (χ0) is 35.2. The van der Waals surface area contributed by atoms with E-state index in [2.05, 4.69) is 64.0 Å². The molecule has 2 unspecified atom stereocenters. The molecule has 268 valence electrons. The lowest BCUT2D eigenvalue weighted by Crippen LogP contribution is -2.59. The number of phenolic OH excluding ortho intramolecular Hbond substituents is 1. The Bertz CT molecular complexity index is 1300. The number of esters is 1. The van der Waals surface area contributed by atoms with Gasteiger partial charge >= 0.3 is 5.97 Å². The van der Waals surface area contributed by atoms with E-state index in [1.54, 1.807) is 29.5 Å². The molecular weight excluding hydrogens is 745 g/mol. The third kappa shape index (κ3) is 12.2. The maximum absolute atomic E-state index is 14.2. The van der Waals surface area contributed by atoms with Crippen molar-refractivity contribution in [1.29, 1.82) is 0 Å². The van der Waals surface area contributed by atoms with Gasteiger partial charge in [-0.3, -0.25) is 24.6 Å². The molecule has 6 atom stereocenters. The lowest BCUT2D eigenvalue weighted by molar-refractivity contribution is -0.155. The van der Waals surface area contributed by atoms with E-state index < -0.39 is 6.04 Å². The Labute approximate surface area is 303 Å². The number of rotatable bonds is 19.